The number of primary amides is 1. The van der Waals surface area contributed by atoms with E-state index in [0.29, 0.717) is 62.8 Å². The Morgan fingerprint density at radius 2 is 1.01 bits per heavy atom. The Balaban J connectivity index is 1.21. The van der Waals surface area contributed by atoms with Crippen molar-refractivity contribution < 1.29 is 86.6 Å². The Morgan fingerprint density at radius 1 is 0.512 bits per heavy atom. The van der Waals surface area contributed by atoms with Crippen molar-refractivity contribution >= 4 is 123 Å². The zero-order valence-corrected chi connectivity index (χ0v) is 75.7. The Kier molecular flexibility index (Phi) is 39.2. The minimum absolute atomic E-state index is 0.0583. The van der Waals surface area contributed by atoms with Gasteiger partial charge in [-0.15, -0.1) is 11.8 Å². The number of hydrogen-bond acceptors (Lipinski definition) is 20. The number of unbranched alkanes of at least 4 members (excludes halogenated alkanes) is 1. The van der Waals surface area contributed by atoms with E-state index in [1.165, 1.54) is 74.2 Å². The molecule has 1 aliphatic rings. The summed E-state index contributed by atoms with van der Waals surface area (Å²) >= 11 is 0.885. The summed E-state index contributed by atoms with van der Waals surface area (Å²) < 4.78 is 5.16. The van der Waals surface area contributed by atoms with Crippen molar-refractivity contribution in [2.75, 3.05) is 72.2 Å². The number of aromatic hydroxyl groups is 1. The van der Waals surface area contributed by atoms with Crippen LogP contribution < -0.4 is 43.4 Å². The van der Waals surface area contributed by atoms with Gasteiger partial charge in [0.1, 0.15) is 66.5 Å². The van der Waals surface area contributed by atoms with Gasteiger partial charge in [0.2, 0.25) is 70.9 Å². The van der Waals surface area contributed by atoms with Crippen LogP contribution in [-0.4, -0.2) is 250 Å². The van der Waals surface area contributed by atoms with Crippen LogP contribution in [0.5, 0.6) is 5.75 Å². The van der Waals surface area contributed by atoms with Gasteiger partial charge < -0.3 is 82.7 Å². The molecule has 2 heterocycles. The molecule has 690 valence electrons. The van der Waals surface area contributed by atoms with E-state index in [1.807, 2.05) is 6.92 Å². The molecule has 12 N–H and O–H groups in total. The highest BCUT2D eigenvalue weighted by Gasteiger charge is 2.42. The lowest BCUT2D eigenvalue weighted by molar-refractivity contribution is -0.151. The van der Waals surface area contributed by atoms with E-state index in [9.17, 15) is 38.7 Å². The zero-order valence-electron chi connectivity index (χ0n) is 74.9. The number of para-hydroxylation sites is 1. The van der Waals surface area contributed by atoms with E-state index >= 15 is 43.2 Å². The number of likely N-dealkylation sites (N-methyl/N-ethyl adjacent to an activating group) is 5. The number of hydrogen-bond donors (Lipinski definition) is 10. The number of phenolic OH excluding ortho intramolecular Hbond substituents is 1. The first kappa shape index (κ1) is 101. The molecule has 0 bridgehead atoms. The van der Waals surface area contributed by atoms with Gasteiger partial charge in [-0.2, -0.15) is 0 Å². The van der Waals surface area contributed by atoms with Crippen LogP contribution in [0.2, 0.25) is 0 Å². The second-order valence-electron chi connectivity index (χ2n) is 33.8. The number of benzene rings is 6. The van der Waals surface area contributed by atoms with Gasteiger partial charge in [-0.1, -0.05) is 181 Å². The SMILES string of the molecule is CCCC[C@H]1C(=O)N(C)CC(=O)C[C@@H](COC=O)C(=O)C[C@@H](C(C)C)C(=O)N(C)[C@@H](Cc2ccccc2)C(=O)N[C@@H](Cc2ccc(N)cc2)C(=O)N(C)CC(=O)N[C@@H](Cc2c[nH]c3ccccc23)C(=O)N[C@@H](Cc2ccc(O)cc2)C(=O)N[C@@H](CC(C)C)C(=O)N[C@H](C(=O)CCC(N)=O)CSCC(=O)N[C@@H](Cc2ccccc2)C(=O)N(C)[C@@H](Cc2ccccc2)C(=O)N1C. The van der Waals surface area contributed by atoms with Crippen LogP contribution in [0.3, 0.4) is 0 Å². The Morgan fingerprint density at radius 3 is 1.59 bits per heavy atom. The summed E-state index contributed by atoms with van der Waals surface area (Å²) in [6.07, 6.45) is -0.364. The lowest BCUT2D eigenvalue weighted by atomic mass is 9.84. The number of aromatic amines is 1. The number of ketones is 3. The Hall–Kier alpha value is -13.1. The molecule has 1 saturated heterocycles. The number of carbonyl (C=O) groups is 16. The molecule has 0 saturated carbocycles. The van der Waals surface area contributed by atoms with E-state index in [2.05, 4.69) is 36.9 Å². The molecule has 1 fully saturated rings. The summed E-state index contributed by atoms with van der Waals surface area (Å²) in [5, 5.41) is 27.9. The second-order valence-corrected chi connectivity index (χ2v) is 34.9. The highest BCUT2D eigenvalue weighted by atomic mass is 32.2. The molecule has 12 amide bonds. The number of nitrogens with one attached hydrogen (secondary N) is 7. The van der Waals surface area contributed by atoms with Crippen LogP contribution in [0, 0.1) is 23.7 Å². The minimum atomic E-state index is -1.57. The number of anilines is 1. The monoisotopic (exact) mass is 1790 g/mol. The lowest BCUT2D eigenvalue weighted by Crippen LogP contribution is -2.59. The standard InChI is InChI=1S/C96H122N14O18S/c1-11-12-32-80-95(126)106(6)53-70(113)49-67(55-128-58-111)84(115)51-72(60(4)5)92(123)109(9)81(47-62-26-18-14-19-27-62)91(122)104-77(46-64-33-37-68(97)38-34-64)93(124)107(7)54-86(117)100-76(50-66-52-99-73-31-23-22-30-71(66)73)90(121)103-75(44-65-35-39-69(112)40-36-65)89(120)102-74(43-59(2)3)88(119)105-79(83(114)41-42-85(98)116)56-129-57-87(118)101-78(45-61-24-16-13-17-25-61)94(125)110(10)82(96(127)108(80)8)48-63-28-20-15-21-29-63/h13-31,33-40,52,58-60,67,72,74-82,99,112H,11-12,32,41-51,53-57,97H2,1-10H3,(H2,98,116)(H,100,117)(H,101,118)(H,102,120)(H,103,121)(H,104,122)(H,105,119)/t67-,72-,74-,75-,76-,77-,78-,79-,80-,81-,82-/m0/s1. The topological polar surface area (TPSA) is 459 Å². The molecular formula is C96H122N14O18S. The number of amides is 12. The molecule has 0 spiro atoms. The number of aromatic nitrogens is 1. The quantitative estimate of drug-likeness (QED) is 0.0256. The van der Waals surface area contributed by atoms with Crippen molar-refractivity contribution in [3.05, 3.63) is 203 Å². The van der Waals surface area contributed by atoms with Gasteiger partial charge in [-0.05, 0) is 88.4 Å². The van der Waals surface area contributed by atoms with E-state index in [0.717, 1.165) is 21.6 Å². The highest BCUT2D eigenvalue weighted by molar-refractivity contribution is 8.00. The molecule has 11 atom stereocenters. The predicted molar refractivity (Wildman–Crippen MR) is 488 cm³/mol. The van der Waals surface area contributed by atoms with Crippen LogP contribution in [-0.2, 0) is 120 Å². The predicted octanol–water partition coefficient (Wildman–Crippen LogP) is 5.32. The molecular weight excluding hydrogens is 1670 g/mol. The number of nitrogens with two attached hydrogens (primary N) is 2. The number of H-pyrrole nitrogens is 1. The fourth-order valence-corrected chi connectivity index (χ4v) is 16.5. The normalized spacial score (nSPS) is 22.0. The van der Waals surface area contributed by atoms with Gasteiger partial charge in [-0.25, -0.2) is 0 Å². The van der Waals surface area contributed by atoms with Gasteiger partial charge in [0, 0.05) is 134 Å². The van der Waals surface area contributed by atoms with Crippen molar-refractivity contribution in [3.8, 4) is 5.75 Å². The summed E-state index contributed by atoms with van der Waals surface area (Å²) in [4.78, 5) is 244. The summed E-state index contributed by atoms with van der Waals surface area (Å²) in [5.41, 5.74) is 16.0. The van der Waals surface area contributed by atoms with Gasteiger partial charge in [0.15, 0.2) is 11.6 Å². The molecule has 6 aromatic carbocycles. The average molecular weight is 1790 g/mol. The maximum Gasteiger partial charge on any atom is 0.293 e. The molecule has 129 heavy (non-hydrogen) atoms. The largest absolute Gasteiger partial charge is 0.508 e. The van der Waals surface area contributed by atoms with Crippen LogP contribution in [0.4, 0.5) is 5.69 Å². The van der Waals surface area contributed by atoms with Crippen LogP contribution in [0.15, 0.2) is 170 Å². The Labute approximate surface area is 756 Å². The van der Waals surface area contributed by atoms with Crippen molar-refractivity contribution in [2.24, 2.45) is 29.4 Å². The number of carbonyl (C=O) groups excluding carboxylic acids is 16. The molecule has 0 radical (unpaired) electrons. The maximum atomic E-state index is 15.6. The Bertz CT molecular complexity index is 5020. The van der Waals surface area contributed by atoms with Gasteiger partial charge in [-0.3, -0.25) is 76.7 Å². The summed E-state index contributed by atoms with van der Waals surface area (Å²) in [5.74, 6) is -16.0. The minimum Gasteiger partial charge on any atom is -0.508 e. The third kappa shape index (κ3) is 30.9. The number of nitrogen functional groups attached to an aromatic ring is 1. The fraction of sp³-hybridized carbons (Fsp3) is 0.438. The average Bonchev–Trinajstić information content (AvgIpc) is 1.80. The number of fused-ring (bicyclic) bond motifs is 1. The first-order valence-electron chi connectivity index (χ1n) is 43.4. The first-order valence-corrected chi connectivity index (χ1v) is 44.6. The zero-order chi connectivity index (χ0) is 94.1. The second kappa shape index (κ2) is 49.9. The molecule has 1 aliphatic heterocycles. The molecule has 0 aliphatic carbocycles. The van der Waals surface area contributed by atoms with E-state index in [-0.39, 0.29) is 75.3 Å². The van der Waals surface area contributed by atoms with Crippen molar-refractivity contribution in [1.82, 2.24) is 61.4 Å². The van der Waals surface area contributed by atoms with E-state index in [4.69, 9.17) is 16.2 Å². The molecule has 7 aromatic rings. The molecule has 32 nitrogen and oxygen atoms in total. The number of Topliss-reactive ketones (excluding diaryl/α,β-unsaturated/α-hetero) is 3. The van der Waals surface area contributed by atoms with Gasteiger partial charge in [0.25, 0.3) is 6.47 Å². The summed E-state index contributed by atoms with van der Waals surface area (Å²) in [6, 6.07) is 32.7. The number of phenols is 1. The third-order valence-corrected chi connectivity index (χ3v) is 24.0. The first-order chi connectivity index (χ1) is 61.5. The molecule has 1 aromatic heterocycles. The van der Waals surface area contributed by atoms with E-state index < -0.39 is 211 Å². The van der Waals surface area contributed by atoms with Crippen molar-refractivity contribution in [2.45, 2.75) is 179 Å². The fourth-order valence-electron chi connectivity index (χ4n) is 15.6. The van der Waals surface area contributed by atoms with Crippen molar-refractivity contribution in [3.63, 3.8) is 0 Å². The molecule has 8 rings (SSSR count). The summed E-state index contributed by atoms with van der Waals surface area (Å²) in [6.45, 7) is 6.95. The van der Waals surface area contributed by atoms with E-state index in [1.54, 1.807) is 173 Å². The number of ether oxygens (including phenoxy) is 1. The van der Waals surface area contributed by atoms with Gasteiger partial charge in [0.05, 0.1) is 30.8 Å². The number of rotatable bonds is 25. The number of thioether (sulfide) groups is 1. The third-order valence-electron chi connectivity index (χ3n) is 23.0. The molecule has 0 unspecified atom stereocenters. The highest BCUT2D eigenvalue weighted by Crippen LogP contribution is 2.28. The smallest absolute Gasteiger partial charge is 0.293 e. The number of nitrogens with zero attached hydrogens (tertiary/aromatic N) is 5. The van der Waals surface area contributed by atoms with Crippen LogP contribution in [0.1, 0.15) is 119 Å². The van der Waals surface area contributed by atoms with Crippen LogP contribution in [0.25, 0.3) is 10.9 Å². The maximum absolute atomic E-state index is 15.6. The lowest BCUT2D eigenvalue weighted by Gasteiger charge is -2.37. The van der Waals surface area contributed by atoms with Crippen LogP contribution >= 0.6 is 11.8 Å². The van der Waals surface area contributed by atoms with Gasteiger partial charge >= 0.3 is 0 Å². The van der Waals surface area contributed by atoms with Crippen molar-refractivity contribution in [1.29, 1.82) is 0 Å². The molecule has 33 heteroatoms. The summed E-state index contributed by atoms with van der Waals surface area (Å²) in [7, 11) is 6.86.